The van der Waals surface area contributed by atoms with Crippen molar-refractivity contribution in [2.75, 3.05) is 13.2 Å². The zero-order valence-electron chi connectivity index (χ0n) is 11.0. The smallest absolute Gasteiger partial charge is 0.303 e. The van der Waals surface area contributed by atoms with E-state index in [2.05, 4.69) is 5.32 Å². The largest absolute Gasteiger partial charge is 0.481 e. The molecule has 0 bridgehead atoms. The highest BCUT2D eigenvalue weighted by molar-refractivity contribution is 5.81. The lowest BCUT2D eigenvalue weighted by Crippen LogP contribution is -2.45. The van der Waals surface area contributed by atoms with E-state index in [4.69, 9.17) is 10.2 Å². The molecule has 1 amide bonds. The first-order chi connectivity index (χ1) is 8.31. The number of hydrogen-bond acceptors (Lipinski definition) is 4. The second-order valence-corrected chi connectivity index (χ2v) is 5.04. The molecule has 6 heteroatoms. The lowest BCUT2D eigenvalue weighted by atomic mass is 9.87. The Balaban J connectivity index is 3.74. The van der Waals surface area contributed by atoms with Gasteiger partial charge in [-0.1, -0.05) is 20.3 Å². The van der Waals surface area contributed by atoms with Crippen LogP contribution < -0.4 is 5.32 Å². The molecule has 6 nitrogen and oxygen atoms in total. The van der Waals surface area contributed by atoms with Crippen molar-refractivity contribution in [2.45, 2.75) is 45.6 Å². The maximum absolute atomic E-state index is 11.5. The van der Waals surface area contributed by atoms with Gasteiger partial charge in [-0.25, -0.2) is 0 Å². The summed E-state index contributed by atoms with van der Waals surface area (Å²) in [6.07, 6.45) is 0.850. The first kappa shape index (κ1) is 16.9. The van der Waals surface area contributed by atoms with E-state index in [9.17, 15) is 14.7 Å². The zero-order valence-corrected chi connectivity index (χ0v) is 11.0. The van der Waals surface area contributed by atoms with Crippen LogP contribution >= 0.6 is 0 Å². The molecule has 0 aliphatic rings. The SMILES string of the molecule is CC(C)(CO)C(O)C(=O)NCCCCCC(=O)O. The summed E-state index contributed by atoms with van der Waals surface area (Å²) in [5.74, 6) is -1.33. The van der Waals surface area contributed by atoms with E-state index in [0.717, 1.165) is 0 Å². The molecule has 0 aliphatic carbocycles. The van der Waals surface area contributed by atoms with Gasteiger partial charge in [-0.2, -0.15) is 0 Å². The Morgan fingerprint density at radius 1 is 1.22 bits per heavy atom. The highest BCUT2D eigenvalue weighted by Gasteiger charge is 2.32. The van der Waals surface area contributed by atoms with Gasteiger partial charge in [-0.3, -0.25) is 9.59 Å². The number of carboxylic acid groups (broad SMARTS) is 1. The van der Waals surface area contributed by atoms with Gasteiger partial charge in [0, 0.05) is 18.4 Å². The minimum absolute atomic E-state index is 0.133. The third kappa shape index (κ3) is 6.56. The van der Waals surface area contributed by atoms with Crippen LogP contribution in [0.5, 0.6) is 0 Å². The Hall–Kier alpha value is -1.14. The highest BCUT2D eigenvalue weighted by Crippen LogP contribution is 2.19. The molecule has 0 aromatic carbocycles. The van der Waals surface area contributed by atoms with Crippen molar-refractivity contribution in [3.05, 3.63) is 0 Å². The Morgan fingerprint density at radius 2 is 1.83 bits per heavy atom. The van der Waals surface area contributed by atoms with E-state index >= 15 is 0 Å². The minimum Gasteiger partial charge on any atom is -0.481 e. The van der Waals surface area contributed by atoms with Crippen LogP contribution in [0, 0.1) is 5.41 Å². The number of aliphatic hydroxyl groups excluding tert-OH is 2. The lowest BCUT2D eigenvalue weighted by Gasteiger charge is -2.27. The molecule has 0 spiro atoms. The van der Waals surface area contributed by atoms with Gasteiger partial charge in [-0.05, 0) is 12.8 Å². The van der Waals surface area contributed by atoms with Gasteiger partial charge in [0.2, 0.25) is 5.91 Å². The van der Waals surface area contributed by atoms with Gasteiger partial charge in [0.15, 0.2) is 0 Å². The second-order valence-electron chi connectivity index (χ2n) is 5.04. The number of aliphatic carboxylic acids is 1. The Morgan fingerprint density at radius 3 is 2.33 bits per heavy atom. The molecule has 0 saturated heterocycles. The van der Waals surface area contributed by atoms with Crippen LogP contribution in [0.4, 0.5) is 0 Å². The van der Waals surface area contributed by atoms with Crippen molar-refractivity contribution in [1.29, 1.82) is 0 Å². The van der Waals surface area contributed by atoms with Crippen LogP contribution in [0.3, 0.4) is 0 Å². The number of carbonyl (C=O) groups excluding carboxylic acids is 1. The minimum atomic E-state index is -1.25. The number of nitrogens with one attached hydrogen (secondary N) is 1. The van der Waals surface area contributed by atoms with Crippen molar-refractivity contribution < 1.29 is 24.9 Å². The molecule has 106 valence electrons. The van der Waals surface area contributed by atoms with Crippen LogP contribution in [0.15, 0.2) is 0 Å². The summed E-state index contributed by atoms with van der Waals surface area (Å²) in [6, 6.07) is 0. The molecule has 18 heavy (non-hydrogen) atoms. The maximum atomic E-state index is 11.5. The van der Waals surface area contributed by atoms with Gasteiger partial charge in [0.25, 0.3) is 0 Å². The van der Waals surface area contributed by atoms with Gasteiger partial charge in [0.1, 0.15) is 6.10 Å². The molecule has 0 saturated carbocycles. The summed E-state index contributed by atoms with van der Waals surface area (Å²) in [6.45, 7) is 3.32. The zero-order chi connectivity index (χ0) is 14.2. The third-order valence-corrected chi connectivity index (χ3v) is 2.76. The summed E-state index contributed by atoms with van der Waals surface area (Å²) in [5, 5.41) is 29.7. The molecule has 0 aromatic heterocycles. The lowest BCUT2D eigenvalue weighted by molar-refractivity contribution is -0.138. The van der Waals surface area contributed by atoms with Crippen LogP contribution in [0.2, 0.25) is 0 Å². The number of rotatable bonds is 9. The van der Waals surface area contributed by atoms with E-state index in [1.54, 1.807) is 13.8 Å². The fourth-order valence-electron chi connectivity index (χ4n) is 1.33. The van der Waals surface area contributed by atoms with Crippen molar-refractivity contribution in [1.82, 2.24) is 5.32 Å². The quantitative estimate of drug-likeness (QED) is 0.441. The third-order valence-electron chi connectivity index (χ3n) is 2.76. The van der Waals surface area contributed by atoms with Crippen LogP contribution in [0.1, 0.15) is 39.5 Å². The van der Waals surface area contributed by atoms with Crippen LogP contribution in [0.25, 0.3) is 0 Å². The molecule has 0 radical (unpaired) electrons. The van der Waals surface area contributed by atoms with E-state index < -0.39 is 23.4 Å². The van der Waals surface area contributed by atoms with Gasteiger partial charge < -0.3 is 20.6 Å². The molecular formula is C12H23NO5. The van der Waals surface area contributed by atoms with Crippen molar-refractivity contribution in [3.8, 4) is 0 Å². The van der Waals surface area contributed by atoms with Gasteiger partial charge in [0.05, 0.1) is 6.61 Å². The molecule has 1 unspecified atom stereocenters. The molecule has 1 atom stereocenters. The normalized spacial score (nSPS) is 13.1. The number of aliphatic hydroxyl groups is 2. The summed E-state index contributed by atoms with van der Waals surface area (Å²) >= 11 is 0. The number of amides is 1. The fraction of sp³-hybridized carbons (Fsp3) is 0.833. The molecule has 0 aliphatic heterocycles. The van der Waals surface area contributed by atoms with E-state index in [0.29, 0.717) is 25.8 Å². The number of carbonyl (C=O) groups is 2. The monoisotopic (exact) mass is 261 g/mol. The molecule has 0 fully saturated rings. The van der Waals surface area contributed by atoms with Crippen molar-refractivity contribution in [3.63, 3.8) is 0 Å². The average molecular weight is 261 g/mol. The number of carboxylic acids is 1. The Labute approximate surface area is 107 Å². The predicted octanol–water partition coefficient (Wildman–Crippen LogP) is 0.127. The first-order valence-corrected chi connectivity index (χ1v) is 6.09. The number of hydrogen-bond donors (Lipinski definition) is 4. The summed E-state index contributed by atoms with van der Waals surface area (Å²) < 4.78 is 0. The predicted molar refractivity (Wildman–Crippen MR) is 66.0 cm³/mol. The summed E-state index contributed by atoms with van der Waals surface area (Å²) in [4.78, 5) is 21.8. The Bertz CT molecular complexity index is 278. The molecule has 0 rings (SSSR count). The molecule has 4 N–H and O–H groups in total. The van der Waals surface area contributed by atoms with E-state index in [1.165, 1.54) is 0 Å². The van der Waals surface area contributed by atoms with Crippen molar-refractivity contribution >= 4 is 11.9 Å². The van der Waals surface area contributed by atoms with Crippen LogP contribution in [-0.2, 0) is 9.59 Å². The summed E-state index contributed by atoms with van der Waals surface area (Å²) in [7, 11) is 0. The molecule has 0 aromatic rings. The topological polar surface area (TPSA) is 107 Å². The van der Waals surface area contributed by atoms with Crippen molar-refractivity contribution in [2.24, 2.45) is 5.41 Å². The Kier molecular flexibility index (Phi) is 7.54. The van der Waals surface area contributed by atoms with Gasteiger partial charge in [-0.15, -0.1) is 0 Å². The average Bonchev–Trinajstić information content (AvgIpc) is 2.31. The standard InChI is InChI=1S/C12H23NO5/c1-12(2,8-14)10(17)11(18)13-7-5-3-4-6-9(15)16/h10,14,17H,3-8H2,1-2H3,(H,13,18)(H,15,16). The second kappa shape index (κ2) is 8.05. The van der Waals surface area contributed by atoms with E-state index in [1.807, 2.05) is 0 Å². The first-order valence-electron chi connectivity index (χ1n) is 6.09. The molecular weight excluding hydrogens is 238 g/mol. The number of unbranched alkanes of at least 4 members (excludes halogenated alkanes) is 2. The van der Waals surface area contributed by atoms with Crippen LogP contribution in [-0.4, -0.2) is 46.5 Å². The fourth-order valence-corrected chi connectivity index (χ4v) is 1.33. The van der Waals surface area contributed by atoms with Gasteiger partial charge >= 0.3 is 5.97 Å². The molecule has 0 heterocycles. The maximum Gasteiger partial charge on any atom is 0.303 e. The van der Waals surface area contributed by atoms with E-state index in [-0.39, 0.29) is 13.0 Å². The summed E-state index contributed by atoms with van der Waals surface area (Å²) in [5.41, 5.74) is -0.868. The highest BCUT2D eigenvalue weighted by atomic mass is 16.4.